The molecule has 7 nitrogen and oxygen atoms in total. The van der Waals surface area contributed by atoms with Crippen molar-refractivity contribution in [2.75, 3.05) is 31.6 Å². The number of benzene rings is 1. The van der Waals surface area contributed by atoms with Crippen LogP contribution in [0.3, 0.4) is 0 Å². The molecule has 0 aliphatic rings. The summed E-state index contributed by atoms with van der Waals surface area (Å²) in [6, 6.07) is 6.84. The number of nitrogens with zero attached hydrogens (tertiary/aromatic N) is 2. The number of hydrogen-bond donors (Lipinski definition) is 2. The van der Waals surface area contributed by atoms with Crippen LogP contribution in [0.4, 0.5) is 10.8 Å². The average molecular weight is 391 g/mol. The summed E-state index contributed by atoms with van der Waals surface area (Å²) >= 11 is 1.10. The first-order chi connectivity index (χ1) is 13.0. The number of carboxylic acid groups (broad SMARTS) is 1. The second kappa shape index (κ2) is 10.0. The van der Waals surface area contributed by atoms with E-state index in [1.54, 1.807) is 24.3 Å². The Hall–Kier alpha value is -2.45. The van der Waals surface area contributed by atoms with E-state index >= 15 is 0 Å². The van der Waals surface area contributed by atoms with Gasteiger partial charge in [-0.2, -0.15) is 0 Å². The van der Waals surface area contributed by atoms with Gasteiger partial charge in [-0.15, -0.1) is 0 Å². The van der Waals surface area contributed by atoms with Crippen LogP contribution < -0.4 is 5.32 Å². The normalized spacial score (nSPS) is 10.8. The van der Waals surface area contributed by atoms with E-state index in [4.69, 9.17) is 4.74 Å². The molecule has 0 amide bonds. The van der Waals surface area contributed by atoms with E-state index in [1.807, 2.05) is 6.92 Å². The third-order valence-corrected chi connectivity index (χ3v) is 5.13. The highest BCUT2D eigenvalue weighted by molar-refractivity contribution is 7.17. The number of anilines is 2. The van der Waals surface area contributed by atoms with Crippen LogP contribution in [-0.4, -0.2) is 53.2 Å². The summed E-state index contributed by atoms with van der Waals surface area (Å²) < 4.78 is 5.30. The van der Waals surface area contributed by atoms with E-state index in [0.29, 0.717) is 36.0 Å². The Labute approximate surface area is 163 Å². The van der Waals surface area contributed by atoms with Crippen molar-refractivity contribution in [3.05, 3.63) is 40.4 Å². The highest BCUT2D eigenvalue weighted by atomic mass is 32.1. The number of aromatic carboxylic acids is 1. The van der Waals surface area contributed by atoms with E-state index in [2.05, 4.69) is 29.0 Å². The number of ether oxygens (including phenoxy) is 1. The third kappa shape index (κ3) is 5.77. The fourth-order valence-electron chi connectivity index (χ4n) is 2.52. The molecule has 1 aromatic carbocycles. The Bertz CT molecular complexity index is 770. The summed E-state index contributed by atoms with van der Waals surface area (Å²) in [5.41, 5.74) is 1.76. The molecule has 1 heterocycles. The van der Waals surface area contributed by atoms with Crippen LogP contribution in [0.2, 0.25) is 0 Å². The van der Waals surface area contributed by atoms with Crippen LogP contribution in [0.25, 0.3) is 0 Å². The standard InChI is InChI=1S/C19H25N3O4S/c1-4-15-16(17(23)24)27-19(21-15)20-14-9-7-13(8-10-14)18(25)26-12-11-22(5-2)6-3/h7-10H,4-6,11-12H2,1-3H3,(H,20,21)(H,23,24). The van der Waals surface area contributed by atoms with Crippen molar-refractivity contribution < 1.29 is 19.4 Å². The minimum atomic E-state index is -0.972. The Morgan fingerprint density at radius 3 is 2.37 bits per heavy atom. The highest BCUT2D eigenvalue weighted by Gasteiger charge is 2.16. The summed E-state index contributed by atoms with van der Waals surface area (Å²) in [6.07, 6.45) is 0.554. The molecule has 2 rings (SSSR count). The smallest absolute Gasteiger partial charge is 0.347 e. The quantitative estimate of drug-likeness (QED) is 0.597. The summed E-state index contributed by atoms with van der Waals surface area (Å²) in [5, 5.41) is 12.8. The van der Waals surface area contributed by atoms with Gasteiger partial charge in [-0.25, -0.2) is 14.6 Å². The van der Waals surface area contributed by atoms with Crippen molar-refractivity contribution in [1.82, 2.24) is 9.88 Å². The number of carboxylic acids is 1. The topological polar surface area (TPSA) is 91.8 Å². The molecule has 0 atom stereocenters. The molecule has 0 aliphatic heterocycles. The van der Waals surface area contributed by atoms with Crippen molar-refractivity contribution in [3.8, 4) is 0 Å². The summed E-state index contributed by atoms with van der Waals surface area (Å²) in [6.45, 7) is 8.94. The molecule has 8 heteroatoms. The zero-order chi connectivity index (χ0) is 19.8. The van der Waals surface area contributed by atoms with Crippen molar-refractivity contribution in [2.24, 2.45) is 0 Å². The lowest BCUT2D eigenvalue weighted by atomic mass is 10.2. The number of hydrogen-bond acceptors (Lipinski definition) is 7. The monoisotopic (exact) mass is 391 g/mol. The van der Waals surface area contributed by atoms with Gasteiger partial charge >= 0.3 is 11.9 Å². The SMILES string of the molecule is CCc1nc(Nc2ccc(C(=O)OCCN(CC)CC)cc2)sc1C(=O)O. The molecule has 146 valence electrons. The number of carbonyl (C=O) groups is 2. The maximum absolute atomic E-state index is 12.1. The third-order valence-electron chi connectivity index (χ3n) is 4.13. The predicted molar refractivity (Wildman–Crippen MR) is 106 cm³/mol. The van der Waals surface area contributed by atoms with Crippen molar-refractivity contribution >= 4 is 34.1 Å². The lowest BCUT2D eigenvalue weighted by molar-refractivity contribution is 0.0466. The van der Waals surface area contributed by atoms with Crippen molar-refractivity contribution in [1.29, 1.82) is 0 Å². The number of nitrogens with one attached hydrogen (secondary N) is 1. The van der Waals surface area contributed by atoms with Gasteiger partial charge in [-0.1, -0.05) is 32.1 Å². The summed E-state index contributed by atoms with van der Waals surface area (Å²) in [7, 11) is 0. The van der Waals surface area contributed by atoms with E-state index in [1.165, 1.54) is 0 Å². The van der Waals surface area contributed by atoms with E-state index < -0.39 is 5.97 Å². The molecule has 0 aliphatic carbocycles. The fourth-order valence-corrected chi connectivity index (χ4v) is 3.43. The molecule has 0 radical (unpaired) electrons. The number of carbonyl (C=O) groups excluding carboxylic acids is 1. The van der Waals surface area contributed by atoms with E-state index in [-0.39, 0.29) is 10.8 Å². The molecule has 0 fully saturated rings. The first-order valence-corrected chi connectivity index (χ1v) is 9.79. The van der Waals surface area contributed by atoms with Gasteiger partial charge in [0, 0.05) is 12.2 Å². The number of rotatable bonds is 10. The van der Waals surface area contributed by atoms with Gasteiger partial charge in [0.1, 0.15) is 11.5 Å². The van der Waals surface area contributed by atoms with Crippen LogP contribution >= 0.6 is 11.3 Å². The molecule has 2 N–H and O–H groups in total. The van der Waals surface area contributed by atoms with Gasteiger partial charge in [0.2, 0.25) is 0 Å². The van der Waals surface area contributed by atoms with Crippen LogP contribution in [0.15, 0.2) is 24.3 Å². The first-order valence-electron chi connectivity index (χ1n) is 8.98. The zero-order valence-electron chi connectivity index (χ0n) is 15.8. The second-order valence-corrected chi connectivity index (χ2v) is 6.82. The van der Waals surface area contributed by atoms with Gasteiger partial charge in [-0.3, -0.25) is 0 Å². The Kier molecular flexibility index (Phi) is 7.75. The first kappa shape index (κ1) is 20.9. The predicted octanol–water partition coefficient (Wildman–Crippen LogP) is 3.65. The van der Waals surface area contributed by atoms with Crippen LogP contribution in [-0.2, 0) is 11.2 Å². The van der Waals surface area contributed by atoms with Crippen molar-refractivity contribution in [2.45, 2.75) is 27.2 Å². The molecule has 0 unspecified atom stereocenters. The van der Waals surface area contributed by atoms with Crippen LogP contribution in [0.5, 0.6) is 0 Å². The molecular weight excluding hydrogens is 366 g/mol. The molecule has 1 aromatic heterocycles. The van der Waals surface area contributed by atoms with Crippen LogP contribution in [0.1, 0.15) is 46.5 Å². The van der Waals surface area contributed by atoms with Gasteiger partial charge in [0.05, 0.1) is 11.3 Å². The van der Waals surface area contributed by atoms with E-state index in [9.17, 15) is 14.7 Å². The maximum Gasteiger partial charge on any atom is 0.347 e. The highest BCUT2D eigenvalue weighted by Crippen LogP contribution is 2.26. The lowest BCUT2D eigenvalue weighted by Crippen LogP contribution is -2.27. The fraction of sp³-hybridized carbons (Fsp3) is 0.421. The van der Waals surface area contributed by atoms with Gasteiger partial charge < -0.3 is 20.1 Å². The van der Waals surface area contributed by atoms with Gasteiger partial charge in [-0.05, 0) is 43.8 Å². The molecule has 0 spiro atoms. The van der Waals surface area contributed by atoms with E-state index in [0.717, 1.165) is 30.1 Å². The molecule has 2 aromatic rings. The molecular formula is C19H25N3O4S. The Morgan fingerprint density at radius 2 is 1.85 bits per heavy atom. The van der Waals surface area contributed by atoms with Crippen molar-refractivity contribution in [3.63, 3.8) is 0 Å². The minimum absolute atomic E-state index is 0.244. The molecule has 0 saturated heterocycles. The maximum atomic E-state index is 12.1. The molecule has 0 saturated carbocycles. The average Bonchev–Trinajstić information content (AvgIpc) is 3.09. The lowest BCUT2D eigenvalue weighted by Gasteiger charge is -2.17. The number of thiazole rings is 1. The molecule has 0 bridgehead atoms. The number of likely N-dealkylation sites (N-methyl/N-ethyl adjacent to an activating group) is 1. The minimum Gasteiger partial charge on any atom is -0.477 e. The molecule has 27 heavy (non-hydrogen) atoms. The Balaban J connectivity index is 1.95. The number of esters is 1. The zero-order valence-corrected chi connectivity index (χ0v) is 16.6. The summed E-state index contributed by atoms with van der Waals surface area (Å²) in [4.78, 5) is 30.1. The van der Waals surface area contributed by atoms with Gasteiger partial charge in [0.25, 0.3) is 0 Å². The largest absolute Gasteiger partial charge is 0.477 e. The Morgan fingerprint density at radius 1 is 1.19 bits per heavy atom. The van der Waals surface area contributed by atoms with Crippen LogP contribution in [0, 0.1) is 0 Å². The number of aryl methyl sites for hydroxylation is 1. The second-order valence-electron chi connectivity index (χ2n) is 5.82. The summed E-state index contributed by atoms with van der Waals surface area (Å²) in [5.74, 6) is -1.33. The number of aromatic nitrogens is 1. The van der Waals surface area contributed by atoms with Gasteiger partial charge in [0.15, 0.2) is 5.13 Å².